The fourth-order valence-corrected chi connectivity index (χ4v) is 3.21. The number of methoxy groups -OCH3 is 1. The third-order valence-electron chi connectivity index (χ3n) is 4.07. The highest BCUT2D eigenvalue weighted by atomic mass is 35.5. The van der Waals surface area contributed by atoms with Gasteiger partial charge in [0.05, 0.1) is 11.6 Å². The Morgan fingerprint density at radius 3 is 2.89 bits per heavy atom. The predicted octanol–water partition coefficient (Wildman–Crippen LogP) is 3.07. The molecular formula is C15H23ClN2O. The molecule has 0 atom stereocenters. The second kappa shape index (κ2) is 7.22. The van der Waals surface area contributed by atoms with Crippen molar-refractivity contribution in [3.05, 3.63) is 29.0 Å². The molecule has 0 radical (unpaired) electrons. The van der Waals surface area contributed by atoms with Gasteiger partial charge in [-0.1, -0.05) is 24.4 Å². The van der Waals surface area contributed by atoms with Gasteiger partial charge in [0.25, 0.3) is 0 Å². The minimum atomic E-state index is 0.360. The predicted molar refractivity (Wildman–Crippen MR) is 78.6 cm³/mol. The van der Waals surface area contributed by atoms with E-state index in [1.54, 1.807) is 13.3 Å². The smallest absolute Gasteiger partial charge is 0.0621 e. The summed E-state index contributed by atoms with van der Waals surface area (Å²) in [6, 6.07) is 2.05. The van der Waals surface area contributed by atoms with Crippen molar-refractivity contribution < 1.29 is 4.74 Å². The van der Waals surface area contributed by atoms with Crippen LogP contribution >= 0.6 is 11.6 Å². The molecule has 0 aliphatic heterocycles. The van der Waals surface area contributed by atoms with Gasteiger partial charge in [0.1, 0.15) is 0 Å². The SMILES string of the molecule is COCCNCC1(Cc2ccncc2Cl)CCCC1. The average Bonchev–Trinajstić information content (AvgIpc) is 2.87. The maximum Gasteiger partial charge on any atom is 0.0621 e. The first-order valence-corrected chi connectivity index (χ1v) is 7.42. The van der Waals surface area contributed by atoms with Gasteiger partial charge >= 0.3 is 0 Å². The van der Waals surface area contributed by atoms with Gasteiger partial charge in [0, 0.05) is 32.6 Å². The molecule has 0 spiro atoms. The van der Waals surface area contributed by atoms with E-state index in [-0.39, 0.29) is 0 Å². The zero-order chi connectivity index (χ0) is 13.6. The molecule has 1 aromatic heterocycles. The summed E-state index contributed by atoms with van der Waals surface area (Å²) in [7, 11) is 1.74. The molecule has 106 valence electrons. The van der Waals surface area contributed by atoms with E-state index in [2.05, 4.69) is 16.4 Å². The molecule has 0 unspecified atom stereocenters. The summed E-state index contributed by atoms with van der Waals surface area (Å²) >= 11 is 6.25. The van der Waals surface area contributed by atoms with Crippen LogP contribution in [0.2, 0.25) is 5.02 Å². The summed E-state index contributed by atoms with van der Waals surface area (Å²) in [4.78, 5) is 4.06. The first-order chi connectivity index (χ1) is 9.26. The molecule has 1 aliphatic carbocycles. The van der Waals surface area contributed by atoms with Crippen LogP contribution in [0.5, 0.6) is 0 Å². The van der Waals surface area contributed by atoms with E-state index in [0.29, 0.717) is 5.41 Å². The lowest BCUT2D eigenvalue weighted by molar-refractivity contribution is 0.190. The average molecular weight is 283 g/mol. The number of aromatic nitrogens is 1. The van der Waals surface area contributed by atoms with Crippen molar-refractivity contribution in [2.45, 2.75) is 32.1 Å². The maximum atomic E-state index is 6.25. The van der Waals surface area contributed by atoms with E-state index in [4.69, 9.17) is 16.3 Å². The van der Waals surface area contributed by atoms with Gasteiger partial charge in [0.15, 0.2) is 0 Å². The minimum Gasteiger partial charge on any atom is -0.383 e. The molecule has 0 amide bonds. The fraction of sp³-hybridized carbons (Fsp3) is 0.667. The van der Waals surface area contributed by atoms with Crippen molar-refractivity contribution in [2.75, 3.05) is 26.8 Å². The number of hydrogen-bond acceptors (Lipinski definition) is 3. The van der Waals surface area contributed by atoms with Crippen LogP contribution < -0.4 is 5.32 Å². The van der Waals surface area contributed by atoms with Gasteiger partial charge in [-0.2, -0.15) is 0 Å². The maximum absolute atomic E-state index is 6.25. The molecular weight excluding hydrogens is 260 g/mol. The van der Waals surface area contributed by atoms with Gasteiger partial charge in [0.2, 0.25) is 0 Å². The van der Waals surface area contributed by atoms with Crippen molar-refractivity contribution in [2.24, 2.45) is 5.41 Å². The van der Waals surface area contributed by atoms with Crippen molar-refractivity contribution in [3.63, 3.8) is 0 Å². The number of nitrogens with zero attached hydrogens (tertiary/aromatic N) is 1. The number of pyridine rings is 1. The molecule has 4 heteroatoms. The van der Waals surface area contributed by atoms with Crippen LogP contribution in [0.3, 0.4) is 0 Å². The number of nitrogens with one attached hydrogen (secondary N) is 1. The molecule has 2 rings (SSSR count). The molecule has 1 aliphatic rings. The van der Waals surface area contributed by atoms with Crippen LogP contribution in [0.25, 0.3) is 0 Å². The standard InChI is InChI=1S/C15H23ClN2O/c1-19-9-8-18-12-15(5-2-3-6-15)10-13-4-7-17-11-14(13)16/h4,7,11,18H,2-3,5-6,8-10,12H2,1H3. The van der Waals surface area contributed by atoms with Gasteiger partial charge in [-0.15, -0.1) is 0 Å². The van der Waals surface area contributed by atoms with Crippen LogP contribution in [-0.4, -0.2) is 31.8 Å². The molecule has 1 saturated carbocycles. The van der Waals surface area contributed by atoms with Crippen molar-refractivity contribution >= 4 is 11.6 Å². The summed E-state index contributed by atoms with van der Waals surface area (Å²) in [6.45, 7) is 2.74. The van der Waals surface area contributed by atoms with Crippen LogP contribution in [0.1, 0.15) is 31.2 Å². The summed E-state index contributed by atoms with van der Waals surface area (Å²) in [5.74, 6) is 0. The third-order valence-corrected chi connectivity index (χ3v) is 4.41. The Morgan fingerprint density at radius 2 is 2.21 bits per heavy atom. The van der Waals surface area contributed by atoms with Crippen molar-refractivity contribution in [1.29, 1.82) is 0 Å². The van der Waals surface area contributed by atoms with Crippen LogP contribution in [-0.2, 0) is 11.2 Å². The second-order valence-electron chi connectivity index (χ2n) is 5.52. The molecule has 0 bridgehead atoms. The number of rotatable bonds is 7. The summed E-state index contributed by atoms with van der Waals surface area (Å²) < 4.78 is 5.08. The lowest BCUT2D eigenvalue weighted by Crippen LogP contribution is -2.35. The zero-order valence-electron chi connectivity index (χ0n) is 11.6. The topological polar surface area (TPSA) is 34.1 Å². The monoisotopic (exact) mass is 282 g/mol. The molecule has 1 fully saturated rings. The van der Waals surface area contributed by atoms with Crippen LogP contribution in [0, 0.1) is 5.41 Å². The third kappa shape index (κ3) is 4.16. The van der Waals surface area contributed by atoms with Gasteiger partial charge < -0.3 is 10.1 Å². The Labute approximate surface area is 120 Å². The molecule has 1 aromatic rings. The molecule has 0 aromatic carbocycles. The van der Waals surface area contributed by atoms with E-state index in [1.807, 2.05) is 6.20 Å². The van der Waals surface area contributed by atoms with E-state index >= 15 is 0 Å². The zero-order valence-corrected chi connectivity index (χ0v) is 12.4. The number of halogens is 1. The van der Waals surface area contributed by atoms with E-state index in [0.717, 1.165) is 31.1 Å². The number of hydrogen-bond donors (Lipinski definition) is 1. The summed E-state index contributed by atoms with van der Waals surface area (Å²) in [5, 5.41) is 4.32. The normalized spacial score (nSPS) is 17.8. The largest absolute Gasteiger partial charge is 0.383 e. The first-order valence-electron chi connectivity index (χ1n) is 7.04. The summed E-state index contributed by atoms with van der Waals surface area (Å²) in [6.07, 6.45) is 9.86. The van der Waals surface area contributed by atoms with E-state index < -0.39 is 0 Å². The van der Waals surface area contributed by atoms with Crippen LogP contribution in [0.4, 0.5) is 0 Å². The van der Waals surface area contributed by atoms with Crippen molar-refractivity contribution in [1.82, 2.24) is 10.3 Å². The molecule has 1 heterocycles. The molecule has 19 heavy (non-hydrogen) atoms. The second-order valence-corrected chi connectivity index (χ2v) is 5.93. The molecule has 0 saturated heterocycles. The highest BCUT2D eigenvalue weighted by Gasteiger charge is 2.34. The Morgan fingerprint density at radius 1 is 1.42 bits per heavy atom. The highest BCUT2D eigenvalue weighted by molar-refractivity contribution is 6.31. The lowest BCUT2D eigenvalue weighted by atomic mass is 9.80. The Kier molecular flexibility index (Phi) is 5.61. The van der Waals surface area contributed by atoms with E-state index in [1.165, 1.54) is 31.2 Å². The Hall–Kier alpha value is -0.640. The molecule has 3 nitrogen and oxygen atoms in total. The minimum absolute atomic E-state index is 0.360. The number of ether oxygens (including phenoxy) is 1. The lowest BCUT2D eigenvalue weighted by Gasteiger charge is -2.30. The van der Waals surface area contributed by atoms with Gasteiger partial charge in [-0.3, -0.25) is 4.98 Å². The van der Waals surface area contributed by atoms with E-state index in [9.17, 15) is 0 Å². The first kappa shape index (κ1) is 14.8. The Bertz CT molecular complexity index is 391. The van der Waals surface area contributed by atoms with Gasteiger partial charge in [-0.05, 0) is 36.3 Å². The highest BCUT2D eigenvalue weighted by Crippen LogP contribution is 2.41. The van der Waals surface area contributed by atoms with Crippen molar-refractivity contribution in [3.8, 4) is 0 Å². The fourth-order valence-electron chi connectivity index (χ4n) is 3.02. The van der Waals surface area contributed by atoms with Gasteiger partial charge in [-0.25, -0.2) is 0 Å². The molecule has 1 N–H and O–H groups in total. The Balaban J connectivity index is 1.97. The van der Waals surface area contributed by atoms with Crippen LogP contribution in [0.15, 0.2) is 18.5 Å². The summed E-state index contributed by atoms with van der Waals surface area (Å²) in [5.41, 5.74) is 1.59. The quantitative estimate of drug-likeness (QED) is 0.781.